The van der Waals surface area contributed by atoms with Crippen LogP contribution in [0.1, 0.15) is 43.5 Å². The van der Waals surface area contributed by atoms with Crippen molar-refractivity contribution in [3.05, 3.63) is 41.7 Å². The summed E-state index contributed by atoms with van der Waals surface area (Å²) in [5.41, 5.74) is 2.41. The maximum Gasteiger partial charge on any atom is 0.122 e. The van der Waals surface area contributed by atoms with E-state index in [4.69, 9.17) is 4.74 Å². The zero-order valence-corrected chi connectivity index (χ0v) is 12.6. The van der Waals surface area contributed by atoms with Crippen LogP contribution < -0.4 is 10.1 Å². The van der Waals surface area contributed by atoms with Gasteiger partial charge in [0.05, 0.1) is 24.5 Å². The van der Waals surface area contributed by atoms with Crippen LogP contribution in [0.3, 0.4) is 0 Å². The topological polar surface area (TPSA) is 52.0 Å². The SMILES string of the molecule is CCCn1nncc1C(NCC)C1COc2ccccc21. The average molecular weight is 286 g/mol. The molecule has 3 rings (SSSR count). The molecule has 0 saturated heterocycles. The molecule has 112 valence electrons. The molecular weight excluding hydrogens is 264 g/mol. The number of benzene rings is 1. The summed E-state index contributed by atoms with van der Waals surface area (Å²) in [6.45, 7) is 6.78. The third kappa shape index (κ3) is 2.65. The van der Waals surface area contributed by atoms with E-state index in [1.165, 1.54) is 5.56 Å². The molecule has 0 amide bonds. The van der Waals surface area contributed by atoms with E-state index in [9.17, 15) is 0 Å². The molecule has 2 heterocycles. The Bertz CT molecular complexity index is 595. The molecule has 0 aliphatic carbocycles. The molecule has 0 spiro atoms. The first-order valence-electron chi connectivity index (χ1n) is 7.68. The fourth-order valence-electron chi connectivity index (χ4n) is 3.03. The fraction of sp³-hybridized carbons (Fsp3) is 0.500. The highest BCUT2D eigenvalue weighted by Gasteiger charge is 2.33. The zero-order valence-electron chi connectivity index (χ0n) is 12.6. The van der Waals surface area contributed by atoms with Crippen molar-refractivity contribution in [2.45, 2.75) is 38.8 Å². The number of fused-ring (bicyclic) bond motifs is 1. The van der Waals surface area contributed by atoms with Crippen LogP contribution in [-0.4, -0.2) is 28.1 Å². The van der Waals surface area contributed by atoms with Gasteiger partial charge in [-0.2, -0.15) is 0 Å². The maximum atomic E-state index is 5.85. The second-order valence-electron chi connectivity index (χ2n) is 5.37. The number of ether oxygens (including phenoxy) is 1. The molecule has 0 saturated carbocycles. The predicted octanol–water partition coefficient (Wildman–Crippen LogP) is 2.51. The van der Waals surface area contributed by atoms with Crippen LogP contribution in [0.15, 0.2) is 30.5 Å². The third-order valence-electron chi connectivity index (χ3n) is 3.96. The molecule has 1 aliphatic rings. The Labute approximate surface area is 125 Å². The smallest absolute Gasteiger partial charge is 0.122 e. The number of aryl methyl sites for hydroxylation is 1. The van der Waals surface area contributed by atoms with Crippen LogP contribution in [0, 0.1) is 0 Å². The number of nitrogens with one attached hydrogen (secondary N) is 1. The third-order valence-corrected chi connectivity index (χ3v) is 3.96. The molecule has 2 aromatic rings. The van der Waals surface area contributed by atoms with E-state index in [1.54, 1.807) is 0 Å². The summed E-state index contributed by atoms with van der Waals surface area (Å²) in [6.07, 6.45) is 2.93. The average Bonchev–Trinajstić information content (AvgIpc) is 3.12. The lowest BCUT2D eigenvalue weighted by molar-refractivity contribution is 0.294. The van der Waals surface area contributed by atoms with Crippen LogP contribution in [0.5, 0.6) is 5.75 Å². The first kappa shape index (κ1) is 14.1. The van der Waals surface area contributed by atoms with Crippen molar-refractivity contribution in [3.63, 3.8) is 0 Å². The highest BCUT2D eigenvalue weighted by molar-refractivity contribution is 5.41. The molecule has 0 radical (unpaired) electrons. The van der Waals surface area contributed by atoms with Gasteiger partial charge in [-0.1, -0.05) is 37.3 Å². The highest BCUT2D eigenvalue weighted by atomic mass is 16.5. The van der Waals surface area contributed by atoms with Crippen molar-refractivity contribution in [3.8, 4) is 5.75 Å². The molecule has 5 heteroatoms. The van der Waals surface area contributed by atoms with Crippen molar-refractivity contribution in [1.82, 2.24) is 20.3 Å². The van der Waals surface area contributed by atoms with E-state index in [1.807, 2.05) is 23.0 Å². The minimum Gasteiger partial charge on any atom is -0.493 e. The number of para-hydroxylation sites is 1. The van der Waals surface area contributed by atoms with Crippen LogP contribution in [0.4, 0.5) is 0 Å². The molecule has 2 atom stereocenters. The second kappa shape index (κ2) is 6.26. The highest BCUT2D eigenvalue weighted by Crippen LogP contribution is 2.40. The van der Waals surface area contributed by atoms with E-state index in [2.05, 4.69) is 41.6 Å². The molecule has 1 N–H and O–H groups in total. The van der Waals surface area contributed by atoms with E-state index in [0.717, 1.165) is 31.0 Å². The summed E-state index contributed by atoms with van der Waals surface area (Å²) in [5.74, 6) is 1.30. The number of rotatable bonds is 6. The van der Waals surface area contributed by atoms with E-state index >= 15 is 0 Å². The molecule has 0 fully saturated rings. The first-order chi connectivity index (χ1) is 10.3. The van der Waals surface area contributed by atoms with Gasteiger partial charge in [0.25, 0.3) is 0 Å². The fourth-order valence-corrected chi connectivity index (χ4v) is 3.03. The lowest BCUT2D eigenvalue weighted by Gasteiger charge is -2.24. The van der Waals surface area contributed by atoms with Gasteiger partial charge in [0.15, 0.2) is 0 Å². The van der Waals surface area contributed by atoms with Gasteiger partial charge in [-0.3, -0.25) is 0 Å². The molecule has 1 aromatic carbocycles. The van der Waals surface area contributed by atoms with Gasteiger partial charge >= 0.3 is 0 Å². The van der Waals surface area contributed by atoms with Crippen molar-refractivity contribution >= 4 is 0 Å². The van der Waals surface area contributed by atoms with Gasteiger partial charge in [-0.25, -0.2) is 4.68 Å². The molecule has 1 aliphatic heterocycles. The Morgan fingerprint density at radius 2 is 2.24 bits per heavy atom. The summed E-state index contributed by atoms with van der Waals surface area (Å²) >= 11 is 0. The Balaban J connectivity index is 1.94. The van der Waals surface area contributed by atoms with Crippen molar-refractivity contribution in [2.75, 3.05) is 13.2 Å². The van der Waals surface area contributed by atoms with Gasteiger partial charge in [0, 0.05) is 18.0 Å². The molecule has 1 aromatic heterocycles. The molecule has 0 bridgehead atoms. The van der Waals surface area contributed by atoms with Crippen LogP contribution in [0.25, 0.3) is 0 Å². The molecule has 2 unspecified atom stereocenters. The lowest BCUT2D eigenvalue weighted by atomic mass is 9.91. The van der Waals surface area contributed by atoms with Crippen LogP contribution in [0.2, 0.25) is 0 Å². The maximum absolute atomic E-state index is 5.85. The normalized spacial score (nSPS) is 18.3. The van der Waals surface area contributed by atoms with Crippen molar-refractivity contribution in [1.29, 1.82) is 0 Å². The van der Waals surface area contributed by atoms with Crippen LogP contribution >= 0.6 is 0 Å². The number of hydrogen-bond donors (Lipinski definition) is 1. The van der Waals surface area contributed by atoms with E-state index < -0.39 is 0 Å². The largest absolute Gasteiger partial charge is 0.493 e. The quantitative estimate of drug-likeness (QED) is 0.886. The summed E-state index contributed by atoms with van der Waals surface area (Å²) in [5, 5.41) is 11.9. The number of likely N-dealkylation sites (N-methyl/N-ethyl adjacent to an activating group) is 1. The van der Waals surface area contributed by atoms with Crippen molar-refractivity contribution < 1.29 is 4.74 Å². The van der Waals surface area contributed by atoms with Gasteiger partial charge in [0.1, 0.15) is 5.75 Å². The van der Waals surface area contributed by atoms with Crippen LogP contribution in [-0.2, 0) is 6.54 Å². The molecule has 21 heavy (non-hydrogen) atoms. The Morgan fingerprint density at radius 3 is 3.05 bits per heavy atom. The summed E-state index contributed by atoms with van der Waals surface area (Å²) in [7, 11) is 0. The minimum absolute atomic E-state index is 0.181. The Morgan fingerprint density at radius 1 is 1.38 bits per heavy atom. The summed E-state index contributed by atoms with van der Waals surface area (Å²) < 4.78 is 7.85. The van der Waals surface area contributed by atoms with E-state index in [0.29, 0.717) is 12.5 Å². The first-order valence-corrected chi connectivity index (χ1v) is 7.68. The second-order valence-corrected chi connectivity index (χ2v) is 5.37. The molecule has 5 nitrogen and oxygen atoms in total. The summed E-state index contributed by atoms with van der Waals surface area (Å²) in [4.78, 5) is 0. The minimum atomic E-state index is 0.181. The van der Waals surface area contributed by atoms with Gasteiger partial charge in [-0.15, -0.1) is 5.10 Å². The van der Waals surface area contributed by atoms with Gasteiger partial charge < -0.3 is 10.1 Å². The number of nitrogens with zero attached hydrogens (tertiary/aromatic N) is 3. The number of aromatic nitrogens is 3. The standard InChI is InChI=1S/C16H22N4O/c1-3-9-20-14(10-18-19-20)16(17-4-2)13-11-21-15-8-6-5-7-12(13)15/h5-8,10,13,16-17H,3-4,9,11H2,1-2H3. The lowest BCUT2D eigenvalue weighted by Crippen LogP contribution is -2.30. The zero-order chi connectivity index (χ0) is 14.7. The number of hydrogen-bond acceptors (Lipinski definition) is 4. The van der Waals surface area contributed by atoms with Crippen molar-refractivity contribution in [2.24, 2.45) is 0 Å². The monoisotopic (exact) mass is 286 g/mol. The van der Waals surface area contributed by atoms with Gasteiger partial charge in [-0.05, 0) is 19.0 Å². The summed E-state index contributed by atoms with van der Waals surface area (Å²) in [6, 6.07) is 8.48. The van der Waals surface area contributed by atoms with E-state index in [-0.39, 0.29) is 6.04 Å². The predicted molar refractivity (Wildman–Crippen MR) is 81.4 cm³/mol. The molecular formula is C16H22N4O. The Hall–Kier alpha value is -1.88. The Kier molecular flexibility index (Phi) is 4.20. The van der Waals surface area contributed by atoms with Gasteiger partial charge in [0.2, 0.25) is 0 Å².